The van der Waals surface area contributed by atoms with Gasteiger partial charge in [-0.3, -0.25) is 38.4 Å². The van der Waals surface area contributed by atoms with Crippen molar-refractivity contribution in [2.75, 3.05) is 13.2 Å². The maximum Gasteiger partial charge on any atom is 0.356 e. The predicted octanol–water partition coefficient (Wildman–Crippen LogP) is 19.7. The van der Waals surface area contributed by atoms with Gasteiger partial charge in [-0.05, 0) is 42.4 Å². The van der Waals surface area contributed by atoms with Crippen molar-refractivity contribution in [2.24, 2.45) is 0 Å². The van der Waals surface area contributed by atoms with Crippen molar-refractivity contribution in [1.29, 1.82) is 0 Å². The van der Waals surface area contributed by atoms with Gasteiger partial charge in [-0.25, -0.2) is 4.79 Å². The van der Waals surface area contributed by atoms with Gasteiger partial charge in [0.25, 0.3) is 11.9 Å². The third-order valence-electron chi connectivity index (χ3n) is 20.7. The first-order valence-corrected chi connectivity index (χ1v) is 44.0. The van der Waals surface area contributed by atoms with Crippen LogP contribution in [-0.4, -0.2) is 114 Å². The van der Waals surface area contributed by atoms with Crippen LogP contribution in [0.15, 0.2) is 91.0 Å². The van der Waals surface area contributed by atoms with Crippen LogP contribution < -0.4 is 10.6 Å². The van der Waals surface area contributed by atoms with Gasteiger partial charge in [0.05, 0.1) is 18.9 Å². The molecule has 1 aliphatic heterocycles. The number of esters is 7. The van der Waals surface area contributed by atoms with Gasteiger partial charge in [0.2, 0.25) is 11.8 Å². The van der Waals surface area contributed by atoms with Crippen molar-refractivity contribution in [2.45, 2.75) is 405 Å². The third-order valence-corrected chi connectivity index (χ3v) is 20.7. The maximum absolute atomic E-state index is 15.8. The van der Waals surface area contributed by atoms with E-state index in [0.717, 1.165) is 135 Å². The second-order valence-electron chi connectivity index (χ2n) is 30.8. The molecule has 2 amide bonds. The number of unbranched alkanes of at least 4 members (excludes halogenated alkanes) is 38. The quantitative estimate of drug-likeness (QED) is 0.0205. The Morgan fingerprint density at radius 3 is 1.08 bits per heavy atom. The number of nitrogens with one attached hydrogen (secondary N) is 2. The molecule has 5 atom stereocenters. The van der Waals surface area contributed by atoms with Crippen LogP contribution in [0, 0.1) is 0 Å². The minimum atomic E-state index is -3.14. The number of aliphatic hydroxyl groups excluding tert-OH is 1. The standard InChI is InChI=1S/C92H144N2O19/c1-5-9-13-17-21-25-28-32-36-40-53-63-80(96)94-88-90(109-77(66-83(99)105-70-74-56-46-43-47-57-74)67-84(100)106-71-75-58-48-44-49-59-75)110-78(89(103)92(88,91(104)108-72-76-60-50-45-51-61-76)113-86(102)69-93-79(95)62-52-39-35-31-24-20-16-12-8-4)73-107-85(101)68-87(111-81(97)64-54-41-37-33-29-26-22-18-14-10-6-2)112-82(98)65-55-42-38-34-30-27-23-19-15-11-7-3/h43-51,56-61,77-78,87-90,103H,5-42,52-55,62-73H2,1-4H3,(H,93,95)(H,94,96)/t78-,88+,89-,90+,92-/m1/s1. The van der Waals surface area contributed by atoms with E-state index in [2.05, 4.69) is 38.3 Å². The van der Waals surface area contributed by atoms with Gasteiger partial charge in [0.1, 0.15) is 57.6 Å². The second kappa shape index (κ2) is 64.0. The zero-order valence-corrected chi connectivity index (χ0v) is 69.6. The van der Waals surface area contributed by atoms with Gasteiger partial charge >= 0.3 is 41.8 Å². The van der Waals surface area contributed by atoms with Crippen LogP contribution in [0.25, 0.3) is 0 Å². The molecule has 0 unspecified atom stereocenters. The number of carbonyl (C=O) groups excluding carboxylic acids is 9. The molecule has 3 N–H and O–H groups in total. The van der Waals surface area contributed by atoms with E-state index < -0.39 is 135 Å². The third kappa shape index (κ3) is 46.2. The van der Waals surface area contributed by atoms with E-state index in [0.29, 0.717) is 48.8 Å². The molecule has 4 rings (SSSR count). The SMILES string of the molecule is CCCCCCCCCCCCCC(=O)N[C@H]1[C@@H](OC(CC(=O)OCc2ccccc2)CC(=O)OCc2ccccc2)O[C@H](COC(=O)CC(OC(=O)CCCCCCCCCCCCC)OC(=O)CCCCCCCCCCCCC)[C@@H](O)[C@@]1(OC(=O)CNC(=O)CCCCCCCCCCC)C(=O)OCc1ccccc1. The minimum absolute atomic E-state index is 0.0140. The molecule has 0 radical (unpaired) electrons. The molecule has 1 saturated heterocycles. The molecule has 21 nitrogen and oxygen atoms in total. The fourth-order valence-corrected chi connectivity index (χ4v) is 14.0. The van der Waals surface area contributed by atoms with Gasteiger partial charge in [-0.15, -0.1) is 0 Å². The second-order valence-corrected chi connectivity index (χ2v) is 30.8. The summed E-state index contributed by atoms with van der Waals surface area (Å²) in [7, 11) is 0. The average molecular weight is 1580 g/mol. The molecule has 0 aliphatic carbocycles. The predicted molar refractivity (Wildman–Crippen MR) is 438 cm³/mol. The molecule has 113 heavy (non-hydrogen) atoms. The number of amides is 2. The number of hydrogen-bond acceptors (Lipinski definition) is 19. The lowest BCUT2D eigenvalue weighted by atomic mass is 9.81. The summed E-state index contributed by atoms with van der Waals surface area (Å²) in [4.78, 5) is 129. The van der Waals surface area contributed by atoms with Crippen LogP contribution in [-0.2, 0) is 106 Å². The number of ether oxygens (including phenoxy) is 9. The Morgan fingerprint density at radius 1 is 0.381 bits per heavy atom. The minimum Gasteiger partial charge on any atom is -0.463 e. The van der Waals surface area contributed by atoms with Crippen molar-refractivity contribution >= 4 is 53.6 Å². The van der Waals surface area contributed by atoms with E-state index in [1.165, 1.54) is 103 Å². The fraction of sp³-hybridized carbons (Fsp3) is 0.707. The smallest absolute Gasteiger partial charge is 0.356 e. The average Bonchev–Trinajstić information content (AvgIpc) is 0.734. The summed E-state index contributed by atoms with van der Waals surface area (Å²) < 4.78 is 54.6. The van der Waals surface area contributed by atoms with Crippen molar-refractivity contribution in [3.63, 3.8) is 0 Å². The summed E-state index contributed by atoms with van der Waals surface area (Å²) in [6.07, 6.45) is 30.8. The zero-order chi connectivity index (χ0) is 81.5. The lowest BCUT2D eigenvalue weighted by Crippen LogP contribution is -2.77. The summed E-state index contributed by atoms with van der Waals surface area (Å²) >= 11 is 0. The molecule has 0 aromatic heterocycles. The molecule has 0 spiro atoms. The van der Waals surface area contributed by atoms with E-state index in [1.54, 1.807) is 91.0 Å². The number of hydrogen-bond donors (Lipinski definition) is 3. The van der Waals surface area contributed by atoms with E-state index in [-0.39, 0.29) is 38.9 Å². The van der Waals surface area contributed by atoms with Gasteiger partial charge in [0, 0.05) is 25.7 Å². The molecule has 636 valence electrons. The van der Waals surface area contributed by atoms with E-state index in [1.807, 2.05) is 0 Å². The summed E-state index contributed by atoms with van der Waals surface area (Å²) in [5.74, 6) is -8.18. The monoisotopic (exact) mass is 1580 g/mol. The Balaban J connectivity index is 1.78. The van der Waals surface area contributed by atoms with E-state index in [4.69, 9.17) is 42.6 Å². The summed E-state index contributed by atoms with van der Waals surface area (Å²) in [6, 6.07) is 24.1. The number of carbonyl (C=O) groups is 9. The van der Waals surface area contributed by atoms with Gasteiger partial charge in [-0.2, -0.15) is 0 Å². The largest absolute Gasteiger partial charge is 0.463 e. The van der Waals surface area contributed by atoms with Gasteiger partial charge in [-0.1, -0.05) is 363 Å². The fourth-order valence-electron chi connectivity index (χ4n) is 14.0. The highest BCUT2D eigenvalue weighted by molar-refractivity contribution is 5.89. The number of benzene rings is 3. The normalized spacial score (nSPS) is 16.0. The van der Waals surface area contributed by atoms with Crippen molar-refractivity contribution in [3.05, 3.63) is 108 Å². The molecule has 1 fully saturated rings. The maximum atomic E-state index is 15.8. The Hall–Kier alpha value is -7.23. The molecular formula is C92H144N2O19. The first-order valence-electron chi connectivity index (χ1n) is 44.0. The van der Waals surface area contributed by atoms with Gasteiger partial charge in [0.15, 0.2) is 6.29 Å². The highest BCUT2D eigenvalue weighted by Gasteiger charge is 2.66. The summed E-state index contributed by atoms with van der Waals surface area (Å²) in [5, 5.41) is 18.6. The molecule has 0 saturated carbocycles. The van der Waals surface area contributed by atoms with Crippen molar-refractivity contribution < 1.29 is 90.9 Å². The molecule has 1 aliphatic rings. The van der Waals surface area contributed by atoms with Gasteiger partial charge < -0.3 is 58.4 Å². The van der Waals surface area contributed by atoms with Crippen molar-refractivity contribution in [1.82, 2.24) is 10.6 Å². The van der Waals surface area contributed by atoms with Crippen molar-refractivity contribution in [3.8, 4) is 0 Å². The van der Waals surface area contributed by atoms with Crippen LogP contribution in [0.3, 0.4) is 0 Å². The highest BCUT2D eigenvalue weighted by atomic mass is 16.7. The Labute approximate surface area is 677 Å². The van der Waals surface area contributed by atoms with Crippen LogP contribution in [0.4, 0.5) is 0 Å². The van der Waals surface area contributed by atoms with E-state index in [9.17, 15) is 43.5 Å². The van der Waals surface area contributed by atoms with Crippen LogP contribution in [0.5, 0.6) is 0 Å². The Morgan fingerprint density at radius 2 is 0.708 bits per heavy atom. The number of rotatable bonds is 69. The Kier molecular flexibility index (Phi) is 55.6. The van der Waals surface area contributed by atoms with Crippen LogP contribution >= 0.6 is 0 Å². The van der Waals surface area contributed by atoms with Crippen LogP contribution in [0.1, 0.15) is 359 Å². The summed E-state index contributed by atoms with van der Waals surface area (Å²) in [5.41, 5.74) is -1.39. The van der Waals surface area contributed by atoms with Crippen LogP contribution in [0.2, 0.25) is 0 Å². The molecule has 1 heterocycles. The molecular weight excluding hydrogens is 1440 g/mol. The zero-order valence-electron chi connectivity index (χ0n) is 69.6. The molecule has 21 heteroatoms. The topological polar surface area (TPSA) is 281 Å². The lowest BCUT2D eigenvalue weighted by Gasteiger charge is -2.50. The molecule has 3 aromatic carbocycles. The molecule has 0 bridgehead atoms. The molecule has 3 aromatic rings. The first kappa shape index (κ1) is 98.1. The Bertz CT molecular complexity index is 2910. The first-order chi connectivity index (χ1) is 55.1. The highest BCUT2D eigenvalue weighted by Crippen LogP contribution is 2.38. The lowest BCUT2D eigenvalue weighted by molar-refractivity contribution is -0.310. The summed E-state index contributed by atoms with van der Waals surface area (Å²) in [6.45, 7) is 6.09. The number of aliphatic hydroxyl groups is 1. The van der Waals surface area contributed by atoms with E-state index >= 15 is 4.79 Å².